The molecule has 1 saturated carbocycles. The Bertz CT molecular complexity index is 542. The zero-order chi connectivity index (χ0) is 17.4. The van der Waals surface area contributed by atoms with Crippen LogP contribution < -0.4 is 15.4 Å². The molecule has 0 unspecified atom stereocenters. The van der Waals surface area contributed by atoms with Crippen molar-refractivity contribution in [1.29, 1.82) is 0 Å². The number of methoxy groups -OCH3 is 1. The van der Waals surface area contributed by atoms with Gasteiger partial charge in [-0.2, -0.15) is 11.8 Å². The van der Waals surface area contributed by atoms with Crippen molar-refractivity contribution < 1.29 is 14.3 Å². The molecule has 132 valence electrons. The van der Waals surface area contributed by atoms with Crippen molar-refractivity contribution in [2.75, 3.05) is 19.1 Å². The standard InChI is InChI=1S/C18H26N2O3S/c1-23-15-9-7-13(8-10-15)17(21)20-16(11-12-24-2)18(22)19-14-5-3-4-6-14/h7-10,14,16H,3-6,11-12H2,1-2H3,(H,19,22)(H,20,21)/t16-/m0/s1. The first-order chi connectivity index (χ1) is 11.6. The van der Waals surface area contributed by atoms with Gasteiger partial charge in [-0.1, -0.05) is 12.8 Å². The third-order valence-corrected chi connectivity index (χ3v) is 4.93. The highest BCUT2D eigenvalue weighted by Gasteiger charge is 2.24. The lowest BCUT2D eigenvalue weighted by atomic mass is 10.1. The van der Waals surface area contributed by atoms with Gasteiger partial charge >= 0.3 is 0 Å². The first-order valence-corrected chi connectivity index (χ1v) is 9.77. The molecule has 1 aliphatic rings. The number of amides is 2. The predicted octanol–water partition coefficient (Wildman–Crippen LogP) is 2.61. The Morgan fingerprint density at radius 2 is 1.92 bits per heavy atom. The Hall–Kier alpha value is -1.69. The Balaban J connectivity index is 1.97. The lowest BCUT2D eigenvalue weighted by Gasteiger charge is -2.21. The van der Waals surface area contributed by atoms with Gasteiger partial charge in [-0.3, -0.25) is 9.59 Å². The first kappa shape index (κ1) is 18.6. The summed E-state index contributed by atoms with van der Waals surface area (Å²) in [6.07, 6.45) is 7.02. The van der Waals surface area contributed by atoms with Gasteiger partial charge in [0.15, 0.2) is 0 Å². The van der Waals surface area contributed by atoms with Crippen molar-refractivity contribution in [1.82, 2.24) is 10.6 Å². The maximum Gasteiger partial charge on any atom is 0.251 e. The lowest BCUT2D eigenvalue weighted by molar-refractivity contribution is -0.123. The molecule has 5 nitrogen and oxygen atoms in total. The molecular weight excluding hydrogens is 324 g/mol. The summed E-state index contributed by atoms with van der Waals surface area (Å²) < 4.78 is 5.10. The third-order valence-electron chi connectivity index (χ3n) is 4.29. The van der Waals surface area contributed by atoms with E-state index >= 15 is 0 Å². The molecule has 2 rings (SSSR count). The molecule has 1 aromatic rings. The van der Waals surface area contributed by atoms with Crippen molar-refractivity contribution in [3.63, 3.8) is 0 Å². The van der Waals surface area contributed by atoms with Gasteiger partial charge in [0.1, 0.15) is 11.8 Å². The summed E-state index contributed by atoms with van der Waals surface area (Å²) in [5.41, 5.74) is 0.526. The lowest BCUT2D eigenvalue weighted by Crippen LogP contribution is -2.49. The van der Waals surface area contributed by atoms with Crippen molar-refractivity contribution in [3.05, 3.63) is 29.8 Å². The van der Waals surface area contributed by atoms with Gasteiger partial charge in [-0.25, -0.2) is 0 Å². The van der Waals surface area contributed by atoms with Crippen LogP contribution in [0, 0.1) is 0 Å². The first-order valence-electron chi connectivity index (χ1n) is 8.38. The Morgan fingerprint density at radius 1 is 1.25 bits per heavy atom. The molecule has 0 heterocycles. The van der Waals surface area contributed by atoms with E-state index in [9.17, 15) is 9.59 Å². The summed E-state index contributed by atoms with van der Waals surface area (Å²) in [4.78, 5) is 24.9. The molecule has 0 radical (unpaired) electrons. The highest BCUT2D eigenvalue weighted by Crippen LogP contribution is 2.18. The van der Waals surface area contributed by atoms with Crippen LogP contribution in [0.4, 0.5) is 0 Å². The van der Waals surface area contributed by atoms with E-state index in [0.29, 0.717) is 17.7 Å². The molecule has 1 atom stereocenters. The predicted molar refractivity (Wildman–Crippen MR) is 97.6 cm³/mol. The Kier molecular flexibility index (Phi) is 7.43. The fraction of sp³-hybridized carbons (Fsp3) is 0.556. The van der Waals surface area contributed by atoms with E-state index in [0.717, 1.165) is 18.6 Å². The maximum atomic E-state index is 12.5. The summed E-state index contributed by atoms with van der Waals surface area (Å²) in [7, 11) is 1.58. The summed E-state index contributed by atoms with van der Waals surface area (Å²) in [6, 6.07) is 6.65. The van der Waals surface area contributed by atoms with Gasteiger partial charge < -0.3 is 15.4 Å². The van der Waals surface area contributed by atoms with E-state index < -0.39 is 6.04 Å². The molecule has 6 heteroatoms. The fourth-order valence-electron chi connectivity index (χ4n) is 2.86. The molecule has 0 bridgehead atoms. The van der Waals surface area contributed by atoms with E-state index in [1.54, 1.807) is 43.1 Å². The number of nitrogens with one attached hydrogen (secondary N) is 2. The second-order valence-electron chi connectivity index (χ2n) is 6.03. The molecule has 1 aromatic carbocycles. The summed E-state index contributed by atoms with van der Waals surface area (Å²) in [6.45, 7) is 0. The SMILES string of the molecule is COc1ccc(C(=O)N[C@@H](CCSC)C(=O)NC2CCCC2)cc1. The zero-order valence-electron chi connectivity index (χ0n) is 14.3. The Morgan fingerprint density at radius 3 is 2.50 bits per heavy atom. The largest absolute Gasteiger partial charge is 0.497 e. The number of thioether (sulfide) groups is 1. The van der Waals surface area contributed by atoms with Crippen LogP contribution in [0.2, 0.25) is 0 Å². The summed E-state index contributed by atoms with van der Waals surface area (Å²) in [5, 5.41) is 5.95. The summed E-state index contributed by atoms with van der Waals surface area (Å²) in [5.74, 6) is 1.22. The van der Waals surface area contributed by atoms with Crippen LogP contribution in [0.15, 0.2) is 24.3 Å². The Labute approximate surface area is 147 Å². The number of hydrogen-bond donors (Lipinski definition) is 2. The van der Waals surface area contributed by atoms with Crippen molar-refractivity contribution in [3.8, 4) is 5.75 Å². The van der Waals surface area contributed by atoms with Gasteiger partial charge in [0, 0.05) is 11.6 Å². The number of rotatable bonds is 8. The van der Waals surface area contributed by atoms with E-state index in [-0.39, 0.29) is 17.9 Å². The monoisotopic (exact) mass is 350 g/mol. The molecule has 2 amide bonds. The van der Waals surface area contributed by atoms with Crippen LogP contribution in [0.3, 0.4) is 0 Å². The highest BCUT2D eigenvalue weighted by molar-refractivity contribution is 7.98. The van der Waals surface area contributed by atoms with E-state index in [2.05, 4.69) is 10.6 Å². The number of hydrogen-bond acceptors (Lipinski definition) is 4. The average molecular weight is 350 g/mol. The zero-order valence-corrected chi connectivity index (χ0v) is 15.2. The van der Waals surface area contributed by atoms with Crippen LogP contribution in [0.5, 0.6) is 5.75 Å². The molecule has 0 aromatic heterocycles. The molecule has 0 saturated heterocycles. The van der Waals surface area contributed by atoms with Gasteiger partial charge in [0.05, 0.1) is 7.11 Å². The smallest absolute Gasteiger partial charge is 0.251 e. The van der Waals surface area contributed by atoms with E-state index in [1.807, 2.05) is 6.26 Å². The van der Waals surface area contributed by atoms with Crippen LogP contribution in [0.1, 0.15) is 42.5 Å². The van der Waals surface area contributed by atoms with Crippen LogP contribution >= 0.6 is 11.8 Å². The molecule has 0 aliphatic heterocycles. The van der Waals surface area contributed by atoms with Crippen molar-refractivity contribution >= 4 is 23.6 Å². The van der Waals surface area contributed by atoms with Gasteiger partial charge in [0.2, 0.25) is 5.91 Å². The molecular formula is C18H26N2O3S. The second kappa shape index (κ2) is 9.57. The number of carbonyl (C=O) groups is 2. The second-order valence-corrected chi connectivity index (χ2v) is 7.01. The van der Waals surface area contributed by atoms with Crippen LogP contribution in [0.25, 0.3) is 0 Å². The van der Waals surface area contributed by atoms with Crippen LogP contribution in [-0.4, -0.2) is 43.0 Å². The molecule has 1 fully saturated rings. The number of benzene rings is 1. The molecule has 1 aliphatic carbocycles. The maximum absolute atomic E-state index is 12.5. The fourth-order valence-corrected chi connectivity index (χ4v) is 3.33. The number of ether oxygens (including phenoxy) is 1. The highest BCUT2D eigenvalue weighted by atomic mass is 32.2. The topological polar surface area (TPSA) is 67.4 Å². The molecule has 0 spiro atoms. The summed E-state index contributed by atoms with van der Waals surface area (Å²) >= 11 is 1.67. The van der Waals surface area contributed by atoms with Crippen molar-refractivity contribution in [2.45, 2.75) is 44.2 Å². The average Bonchev–Trinajstić information content (AvgIpc) is 3.11. The molecule has 24 heavy (non-hydrogen) atoms. The van der Waals surface area contributed by atoms with E-state index in [4.69, 9.17) is 4.74 Å². The normalized spacial score (nSPS) is 15.8. The third kappa shape index (κ3) is 5.44. The number of carbonyl (C=O) groups excluding carboxylic acids is 2. The van der Waals surface area contributed by atoms with Gasteiger partial charge in [-0.15, -0.1) is 0 Å². The quantitative estimate of drug-likeness (QED) is 0.756. The molecule has 2 N–H and O–H groups in total. The minimum absolute atomic E-state index is 0.0715. The van der Waals surface area contributed by atoms with Crippen LogP contribution in [-0.2, 0) is 4.79 Å². The van der Waals surface area contributed by atoms with Gasteiger partial charge in [0.25, 0.3) is 5.91 Å². The minimum Gasteiger partial charge on any atom is -0.497 e. The van der Waals surface area contributed by atoms with Crippen molar-refractivity contribution in [2.24, 2.45) is 0 Å². The van der Waals surface area contributed by atoms with Gasteiger partial charge in [-0.05, 0) is 55.5 Å². The van der Waals surface area contributed by atoms with E-state index in [1.165, 1.54) is 12.8 Å². The minimum atomic E-state index is -0.493.